The highest BCUT2D eigenvalue weighted by atomic mass is 35.5. The van der Waals surface area contributed by atoms with Gasteiger partial charge in [-0.05, 0) is 105 Å². The predicted molar refractivity (Wildman–Crippen MR) is 342 cm³/mol. The summed E-state index contributed by atoms with van der Waals surface area (Å²) in [5.41, 5.74) is 4.18. The van der Waals surface area contributed by atoms with Crippen LogP contribution in [0.15, 0.2) is 176 Å². The lowest BCUT2D eigenvalue weighted by Crippen LogP contribution is -2.12. The summed E-state index contributed by atoms with van der Waals surface area (Å²) in [5, 5.41) is 36.4. The molecular formula is C67H42Cl8O13. The first-order chi connectivity index (χ1) is 41.7. The molecule has 0 spiro atoms. The fourth-order valence-electron chi connectivity index (χ4n) is 7.87. The second-order valence-corrected chi connectivity index (χ2v) is 21.5. The molecule has 9 aromatic rings. The monoisotopic (exact) mass is 1330 g/mol. The predicted octanol–water partition coefficient (Wildman–Crippen LogP) is 17.7. The molecule has 9 aromatic carbocycles. The third-order valence-corrected chi connectivity index (χ3v) is 15.7. The smallest absolute Gasteiger partial charge is 0.338 e. The van der Waals surface area contributed by atoms with Gasteiger partial charge >= 0.3 is 23.9 Å². The maximum Gasteiger partial charge on any atom is 0.338 e. The van der Waals surface area contributed by atoms with E-state index in [0.717, 1.165) is 22.3 Å². The zero-order valence-electron chi connectivity index (χ0n) is 45.7. The van der Waals surface area contributed by atoms with Crippen molar-refractivity contribution >= 4 is 140 Å². The summed E-state index contributed by atoms with van der Waals surface area (Å²) in [5.74, 6) is -0.0758. The first-order valence-corrected chi connectivity index (χ1v) is 28.3. The van der Waals surface area contributed by atoms with Crippen LogP contribution in [0.5, 0.6) is 5.75 Å². The van der Waals surface area contributed by atoms with Crippen molar-refractivity contribution in [2.45, 2.75) is 13.8 Å². The van der Waals surface area contributed by atoms with Gasteiger partial charge in [-0.15, -0.1) is 0 Å². The second-order valence-electron chi connectivity index (χ2n) is 18.4. The van der Waals surface area contributed by atoms with Gasteiger partial charge in [0.15, 0.2) is 23.1 Å². The number of hydrogen-bond acceptors (Lipinski definition) is 9. The van der Waals surface area contributed by atoms with Crippen LogP contribution >= 0.6 is 92.8 Å². The zero-order chi connectivity index (χ0) is 64.7. The molecule has 9 rings (SSSR count). The molecule has 0 aliphatic heterocycles. The highest BCUT2D eigenvalue weighted by Gasteiger charge is 2.30. The standard InChI is InChI=1S/C22H14O3.C15H8Cl4O3.C15H10Cl2O4.C15H10Cl2O3/c23-21(19-8-4-5-9-20(19)22(24)25)18-14-12-17(13-15-18)11-10-16-6-2-1-3-7-16;1-6-2-4-7(5-3-6)14(20)8-9(15(21)22)11(17)13(19)12(18)10(8)16;1-21-9-4-2-8(3-5-9)14(18)10-6-12(16)13(17)7-11(10)15(19)20;1-8-2-4-9(5-3-8)14(18)10-6-12(16)13(17)7-11(10)15(19)20/h1-9,12-15H,(H,24,25);2-5H,1H3,(H,21,22);2-7H,1H3,(H,19,20);2-7H,1H3,(H,19,20). The Morgan fingerprint density at radius 3 is 1.03 bits per heavy atom. The number of carboxylic acid groups (broad SMARTS) is 4. The molecule has 0 aliphatic carbocycles. The number of hydrogen-bond donors (Lipinski definition) is 4. The number of carbonyl (C=O) groups excluding carboxylic acids is 4. The molecule has 444 valence electrons. The number of ether oxygens (including phenoxy) is 1. The molecule has 0 radical (unpaired) electrons. The Labute approximate surface area is 543 Å². The van der Waals surface area contributed by atoms with Crippen molar-refractivity contribution in [2.24, 2.45) is 0 Å². The van der Waals surface area contributed by atoms with Gasteiger partial charge < -0.3 is 25.2 Å². The molecule has 0 amide bonds. The Hall–Kier alpha value is -8.78. The van der Waals surface area contributed by atoms with Gasteiger partial charge in [-0.2, -0.15) is 0 Å². The first kappa shape index (κ1) is 68.3. The van der Waals surface area contributed by atoms with Crippen LogP contribution in [0.1, 0.15) is 127 Å². The van der Waals surface area contributed by atoms with E-state index in [4.69, 9.17) is 103 Å². The summed E-state index contributed by atoms with van der Waals surface area (Å²) in [6.45, 7) is 3.76. The molecule has 13 nitrogen and oxygen atoms in total. The number of ketones is 4. The minimum Gasteiger partial charge on any atom is -0.497 e. The third-order valence-electron chi connectivity index (χ3n) is 12.4. The van der Waals surface area contributed by atoms with Crippen LogP contribution in [0.2, 0.25) is 40.2 Å². The Kier molecular flexibility index (Phi) is 24.2. The van der Waals surface area contributed by atoms with Crippen LogP contribution in [0.25, 0.3) is 0 Å². The van der Waals surface area contributed by atoms with Gasteiger partial charge in [0.25, 0.3) is 0 Å². The Morgan fingerprint density at radius 2 is 0.648 bits per heavy atom. The third kappa shape index (κ3) is 17.3. The quantitative estimate of drug-likeness (QED) is 0.0365. The van der Waals surface area contributed by atoms with E-state index in [-0.39, 0.29) is 90.5 Å². The molecule has 21 heteroatoms. The van der Waals surface area contributed by atoms with Crippen molar-refractivity contribution in [3.05, 3.63) is 305 Å². The number of carbonyl (C=O) groups is 8. The summed E-state index contributed by atoms with van der Waals surface area (Å²) < 4.78 is 5.01. The summed E-state index contributed by atoms with van der Waals surface area (Å²) >= 11 is 47.1. The number of methoxy groups -OCH3 is 1. The molecule has 4 N–H and O–H groups in total. The summed E-state index contributed by atoms with van der Waals surface area (Å²) in [7, 11) is 1.51. The molecule has 0 saturated carbocycles. The summed E-state index contributed by atoms with van der Waals surface area (Å²) in [4.78, 5) is 95.2. The first-order valence-electron chi connectivity index (χ1n) is 25.2. The van der Waals surface area contributed by atoms with Gasteiger partial charge in [0, 0.05) is 50.1 Å². The minimum absolute atomic E-state index is 0.000413. The lowest BCUT2D eigenvalue weighted by Gasteiger charge is -2.13. The molecule has 88 heavy (non-hydrogen) atoms. The van der Waals surface area contributed by atoms with Crippen LogP contribution in [-0.4, -0.2) is 74.5 Å². The van der Waals surface area contributed by atoms with E-state index >= 15 is 0 Å². The fourth-order valence-corrected chi connectivity index (χ4v) is 9.54. The number of benzene rings is 9. The van der Waals surface area contributed by atoms with Crippen molar-refractivity contribution in [3.63, 3.8) is 0 Å². The van der Waals surface area contributed by atoms with Gasteiger partial charge in [0.05, 0.1) is 75.1 Å². The second kappa shape index (κ2) is 31.2. The Morgan fingerprint density at radius 1 is 0.330 bits per heavy atom. The maximum atomic E-state index is 12.6. The van der Waals surface area contributed by atoms with E-state index < -0.39 is 46.8 Å². The highest BCUT2D eigenvalue weighted by molar-refractivity contribution is 6.54. The SMILES string of the molecule is COc1ccc(C(=O)c2cc(Cl)c(Cl)cc2C(=O)O)cc1.Cc1ccc(C(=O)c2c(Cl)c(Cl)c(Cl)c(Cl)c2C(=O)O)cc1.Cc1ccc(C(=O)c2cc(Cl)c(Cl)cc2C(=O)O)cc1.O=C(O)c1ccccc1C(=O)c1ccc(C#Cc2ccccc2)cc1. The number of carboxylic acids is 4. The van der Waals surface area contributed by atoms with Crippen LogP contribution in [-0.2, 0) is 0 Å². The Balaban J connectivity index is 0.000000188. The van der Waals surface area contributed by atoms with E-state index in [1.807, 2.05) is 44.2 Å². The molecule has 0 aromatic heterocycles. The van der Waals surface area contributed by atoms with Crippen molar-refractivity contribution in [2.75, 3.05) is 7.11 Å². The van der Waals surface area contributed by atoms with E-state index in [0.29, 0.717) is 22.4 Å². The molecular weight excluding hydrogens is 1300 g/mol. The van der Waals surface area contributed by atoms with Gasteiger partial charge in [0.1, 0.15) is 5.75 Å². The summed E-state index contributed by atoms with van der Waals surface area (Å²) in [6.07, 6.45) is 0. The van der Waals surface area contributed by atoms with Crippen molar-refractivity contribution in [3.8, 4) is 17.6 Å². The fraction of sp³-hybridized carbons (Fsp3) is 0.0448. The molecule has 0 aliphatic rings. The van der Waals surface area contributed by atoms with Gasteiger partial charge in [-0.1, -0.05) is 201 Å². The van der Waals surface area contributed by atoms with Crippen LogP contribution < -0.4 is 4.74 Å². The van der Waals surface area contributed by atoms with Crippen LogP contribution in [0.3, 0.4) is 0 Å². The molecule has 0 bridgehead atoms. The maximum absolute atomic E-state index is 12.6. The minimum atomic E-state index is -1.42. The topological polar surface area (TPSA) is 227 Å². The lowest BCUT2D eigenvalue weighted by molar-refractivity contribution is 0.0683. The van der Waals surface area contributed by atoms with Crippen LogP contribution in [0, 0.1) is 25.7 Å². The van der Waals surface area contributed by atoms with E-state index in [1.165, 1.54) is 43.5 Å². The molecule has 0 saturated heterocycles. The van der Waals surface area contributed by atoms with Gasteiger partial charge in [0.2, 0.25) is 0 Å². The summed E-state index contributed by atoms with van der Waals surface area (Å²) in [6, 6.07) is 47.3. The van der Waals surface area contributed by atoms with Crippen LogP contribution in [0.4, 0.5) is 0 Å². The van der Waals surface area contributed by atoms with Gasteiger partial charge in [-0.25, -0.2) is 19.2 Å². The highest BCUT2D eigenvalue weighted by Crippen LogP contribution is 2.42. The van der Waals surface area contributed by atoms with E-state index in [9.17, 15) is 53.7 Å². The Bertz CT molecular complexity index is 4260. The average molecular weight is 1340 g/mol. The lowest BCUT2D eigenvalue weighted by atomic mass is 9.97. The zero-order valence-corrected chi connectivity index (χ0v) is 51.8. The van der Waals surface area contributed by atoms with E-state index in [1.54, 1.807) is 109 Å². The molecule has 0 unspecified atom stereocenters. The van der Waals surface area contributed by atoms with Crippen molar-refractivity contribution in [1.82, 2.24) is 0 Å². The molecule has 0 fully saturated rings. The number of rotatable bonds is 13. The van der Waals surface area contributed by atoms with Crippen molar-refractivity contribution < 1.29 is 63.5 Å². The number of aromatic carboxylic acids is 4. The van der Waals surface area contributed by atoms with E-state index in [2.05, 4.69) is 11.8 Å². The molecule has 0 atom stereocenters. The van der Waals surface area contributed by atoms with Crippen molar-refractivity contribution in [1.29, 1.82) is 0 Å². The normalized spacial score (nSPS) is 10.2. The number of aryl methyl sites for hydroxylation is 2. The largest absolute Gasteiger partial charge is 0.497 e. The molecule has 0 heterocycles. The number of halogens is 8. The average Bonchev–Trinajstić information content (AvgIpc) is 1.80. The van der Waals surface area contributed by atoms with Gasteiger partial charge in [-0.3, -0.25) is 19.2 Å².